The third kappa shape index (κ3) is 3.32. The molecule has 1 unspecified atom stereocenters. The second-order valence-electron chi connectivity index (χ2n) is 7.05. The van der Waals surface area contributed by atoms with Gasteiger partial charge in [-0.2, -0.15) is 5.10 Å². The number of hydrogen-bond donors (Lipinski definition) is 1. The fourth-order valence-corrected chi connectivity index (χ4v) is 3.82. The van der Waals surface area contributed by atoms with Gasteiger partial charge in [0, 0.05) is 43.5 Å². The van der Waals surface area contributed by atoms with Crippen molar-refractivity contribution < 1.29 is 9.18 Å². The number of carbonyl (C=O) groups is 1. The van der Waals surface area contributed by atoms with E-state index in [0.29, 0.717) is 22.4 Å². The molecule has 0 bridgehead atoms. The fraction of sp³-hybridized carbons (Fsp3) is 0.421. The van der Waals surface area contributed by atoms with E-state index >= 15 is 0 Å². The largest absolute Gasteiger partial charge is 0.376 e. The van der Waals surface area contributed by atoms with Crippen molar-refractivity contribution in [1.29, 1.82) is 0 Å². The van der Waals surface area contributed by atoms with Crippen LogP contribution in [0.5, 0.6) is 0 Å². The van der Waals surface area contributed by atoms with E-state index in [4.69, 9.17) is 0 Å². The van der Waals surface area contributed by atoms with Crippen LogP contribution in [0.1, 0.15) is 35.7 Å². The van der Waals surface area contributed by atoms with Crippen LogP contribution >= 0.6 is 0 Å². The molecule has 4 rings (SSSR count). The summed E-state index contributed by atoms with van der Waals surface area (Å²) >= 11 is 0. The molecule has 4 heterocycles. The lowest BCUT2D eigenvalue weighted by Gasteiger charge is -2.34. The van der Waals surface area contributed by atoms with E-state index < -0.39 is 5.82 Å². The summed E-state index contributed by atoms with van der Waals surface area (Å²) in [5, 5.41) is 5.66. The number of rotatable bonds is 4. The first-order chi connectivity index (χ1) is 13.1. The first-order valence-electron chi connectivity index (χ1n) is 9.18. The van der Waals surface area contributed by atoms with Gasteiger partial charge in [0.1, 0.15) is 5.82 Å². The molecule has 27 heavy (non-hydrogen) atoms. The number of allylic oxidation sites excluding steroid dienone is 1. The van der Waals surface area contributed by atoms with Crippen molar-refractivity contribution in [2.45, 2.75) is 32.4 Å². The molecule has 0 spiro atoms. The molecule has 2 aromatic rings. The molecule has 1 atom stereocenters. The highest BCUT2D eigenvalue weighted by atomic mass is 19.1. The number of amides is 1. The van der Waals surface area contributed by atoms with Gasteiger partial charge >= 0.3 is 0 Å². The van der Waals surface area contributed by atoms with Crippen LogP contribution in [0.2, 0.25) is 0 Å². The molecule has 2 aliphatic rings. The van der Waals surface area contributed by atoms with Gasteiger partial charge in [0.2, 0.25) is 0 Å². The highest BCUT2D eigenvalue weighted by Crippen LogP contribution is 2.32. The highest BCUT2D eigenvalue weighted by molar-refractivity contribution is 6.03. The predicted octanol–water partition coefficient (Wildman–Crippen LogP) is 2.08. The normalized spacial score (nSPS) is 20.0. The van der Waals surface area contributed by atoms with Crippen LogP contribution in [0, 0.1) is 5.82 Å². The second-order valence-corrected chi connectivity index (χ2v) is 7.05. The Hall–Kier alpha value is -2.74. The van der Waals surface area contributed by atoms with Gasteiger partial charge in [0.15, 0.2) is 0 Å². The number of aromatic nitrogens is 3. The number of hydrogen-bond acceptors (Lipinski definition) is 5. The Labute approximate surface area is 157 Å². The van der Waals surface area contributed by atoms with Crippen molar-refractivity contribution in [2.24, 2.45) is 7.05 Å². The van der Waals surface area contributed by atoms with Gasteiger partial charge in [-0.1, -0.05) is 6.08 Å². The minimum atomic E-state index is -0.450. The smallest absolute Gasteiger partial charge is 0.270 e. The van der Waals surface area contributed by atoms with Crippen LogP contribution in [-0.4, -0.2) is 49.7 Å². The number of aryl methyl sites for hydroxylation is 1. The second kappa shape index (κ2) is 7.11. The van der Waals surface area contributed by atoms with Crippen molar-refractivity contribution in [3.8, 4) is 11.3 Å². The quantitative estimate of drug-likeness (QED) is 0.893. The molecule has 0 aliphatic carbocycles. The van der Waals surface area contributed by atoms with Crippen molar-refractivity contribution in [2.75, 3.05) is 13.1 Å². The predicted molar refractivity (Wildman–Crippen MR) is 98.8 cm³/mol. The first kappa shape index (κ1) is 17.7. The molecule has 2 aromatic heterocycles. The number of piperidine rings is 1. The van der Waals surface area contributed by atoms with Gasteiger partial charge in [-0.05, 0) is 26.0 Å². The van der Waals surface area contributed by atoms with E-state index in [9.17, 15) is 9.18 Å². The van der Waals surface area contributed by atoms with Crippen LogP contribution in [0.15, 0.2) is 30.9 Å². The molecule has 0 aromatic carbocycles. The average molecular weight is 370 g/mol. The van der Waals surface area contributed by atoms with Crippen LogP contribution in [0.3, 0.4) is 0 Å². The van der Waals surface area contributed by atoms with E-state index in [0.717, 1.165) is 25.9 Å². The van der Waals surface area contributed by atoms with Crippen LogP contribution in [0.4, 0.5) is 4.39 Å². The SMILES string of the molecule is CC=CN1CCCC(NN2Cc3c(F)cnc(-c4cnn(C)c4)c3C2=O)C1. The molecule has 1 amide bonds. The molecule has 2 aliphatic heterocycles. The topological polar surface area (TPSA) is 66.3 Å². The minimum Gasteiger partial charge on any atom is -0.376 e. The molecule has 8 heteroatoms. The Bertz CT molecular complexity index is 892. The Morgan fingerprint density at radius 2 is 2.22 bits per heavy atom. The molecular weight excluding hydrogens is 347 g/mol. The minimum absolute atomic E-state index is 0.145. The maximum absolute atomic E-state index is 14.4. The van der Waals surface area contributed by atoms with E-state index in [2.05, 4.69) is 26.6 Å². The third-order valence-electron chi connectivity index (χ3n) is 5.04. The molecule has 142 valence electrons. The average Bonchev–Trinajstić information content (AvgIpc) is 3.22. The number of halogens is 1. The van der Waals surface area contributed by atoms with Gasteiger partial charge in [-0.3, -0.25) is 19.5 Å². The van der Waals surface area contributed by atoms with E-state index in [-0.39, 0.29) is 18.5 Å². The van der Waals surface area contributed by atoms with Crippen molar-refractivity contribution >= 4 is 5.91 Å². The summed E-state index contributed by atoms with van der Waals surface area (Å²) in [7, 11) is 1.79. The highest BCUT2D eigenvalue weighted by Gasteiger charge is 2.35. The molecular formula is C19H23FN6O. The third-order valence-corrected chi connectivity index (χ3v) is 5.04. The maximum atomic E-state index is 14.4. The maximum Gasteiger partial charge on any atom is 0.270 e. The number of hydrazine groups is 1. The van der Waals surface area contributed by atoms with Crippen LogP contribution in [0.25, 0.3) is 11.3 Å². The van der Waals surface area contributed by atoms with Gasteiger partial charge in [-0.25, -0.2) is 9.82 Å². The summed E-state index contributed by atoms with van der Waals surface area (Å²) in [6.07, 6.45) is 10.7. The molecule has 1 saturated heterocycles. The molecule has 1 fully saturated rings. The Balaban J connectivity index is 1.58. The zero-order chi connectivity index (χ0) is 19.0. The number of pyridine rings is 1. The van der Waals surface area contributed by atoms with E-state index in [1.165, 1.54) is 11.2 Å². The molecule has 0 saturated carbocycles. The standard InChI is InChI=1S/C19H23FN6O/c1-3-6-25-7-4-5-14(11-25)23-26-12-15-16(20)9-21-18(17(15)19(26)27)13-8-22-24(2)10-13/h3,6,8-10,14,23H,4-5,7,11-12H2,1-2H3. The van der Waals surface area contributed by atoms with Gasteiger partial charge in [0.25, 0.3) is 5.91 Å². The number of fused-ring (bicyclic) bond motifs is 1. The lowest BCUT2D eigenvalue weighted by molar-refractivity contribution is 0.0598. The lowest BCUT2D eigenvalue weighted by atomic mass is 10.1. The number of nitrogens with one attached hydrogen (secondary N) is 1. The summed E-state index contributed by atoms with van der Waals surface area (Å²) in [5.41, 5.74) is 5.22. The van der Waals surface area contributed by atoms with Gasteiger partial charge in [0.05, 0.1) is 30.2 Å². The fourth-order valence-electron chi connectivity index (χ4n) is 3.82. The lowest BCUT2D eigenvalue weighted by Crippen LogP contribution is -2.51. The summed E-state index contributed by atoms with van der Waals surface area (Å²) in [5.74, 6) is -0.687. The first-order valence-corrected chi connectivity index (χ1v) is 9.18. The van der Waals surface area contributed by atoms with E-state index in [1.54, 1.807) is 24.1 Å². The molecule has 0 radical (unpaired) electrons. The van der Waals surface area contributed by atoms with Crippen LogP contribution < -0.4 is 5.43 Å². The number of nitrogens with zero attached hydrogens (tertiary/aromatic N) is 5. The van der Waals surface area contributed by atoms with Crippen molar-refractivity contribution in [3.63, 3.8) is 0 Å². The zero-order valence-corrected chi connectivity index (χ0v) is 15.5. The Kier molecular flexibility index (Phi) is 4.65. The molecule has 7 nitrogen and oxygen atoms in total. The number of likely N-dealkylation sites (tertiary alicyclic amines) is 1. The summed E-state index contributed by atoms with van der Waals surface area (Å²) in [6.45, 7) is 4.03. The monoisotopic (exact) mass is 370 g/mol. The van der Waals surface area contributed by atoms with Crippen molar-refractivity contribution in [3.05, 3.63) is 47.8 Å². The van der Waals surface area contributed by atoms with E-state index in [1.807, 2.05) is 13.0 Å². The summed E-state index contributed by atoms with van der Waals surface area (Å²) in [4.78, 5) is 19.4. The van der Waals surface area contributed by atoms with Gasteiger partial charge < -0.3 is 4.90 Å². The van der Waals surface area contributed by atoms with Gasteiger partial charge in [-0.15, -0.1) is 0 Å². The van der Waals surface area contributed by atoms with Crippen molar-refractivity contribution in [1.82, 2.24) is 30.1 Å². The Morgan fingerprint density at radius 3 is 2.96 bits per heavy atom. The zero-order valence-electron chi connectivity index (χ0n) is 15.5. The van der Waals surface area contributed by atoms with Crippen LogP contribution in [-0.2, 0) is 13.6 Å². The summed E-state index contributed by atoms with van der Waals surface area (Å²) < 4.78 is 16.0. The molecule has 1 N–H and O–H groups in total. The summed E-state index contributed by atoms with van der Waals surface area (Å²) in [6, 6.07) is 0.145. The number of carbonyl (C=O) groups excluding carboxylic acids is 1. The Morgan fingerprint density at radius 1 is 1.37 bits per heavy atom.